The molecule has 8 heteroatoms. The van der Waals surface area contributed by atoms with Crippen molar-refractivity contribution in [1.29, 1.82) is 0 Å². The molecule has 1 heterocycles. The van der Waals surface area contributed by atoms with E-state index in [1.165, 1.54) is 4.57 Å². The Morgan fingerprint density at radius 1 is 0.949 bits per heavy atom. The molecule has 5 rings (SSSR count). The first kappa shape index (κ1) is 26.5. The number of nitrogens with one attached hydrogen (secondary N) is 1. The number of aliphatic hydroxyl groups excluding tert-OH is 2. The van der Waals surface area contributed by atoms with Gasteiger partial charge in [-0.25, -0.2) is 9.59 Å². The van der Waals surface area contributed by atoms with Crippen LogP contribution in [-0.4, -0.2) is 51.8 Å². The lowest BCUT2D eigenvalue weighted by Crippen LogP contribution is -2.36. The topological polar surface area (TPSA) is 110 Å². The molecule has 1 amide bonds. The van der Waals surface area contributed by atoms with E-state index in [0.717, 1.165) is 22.3 Å². The zero-order valence-corrected chi connectivity index (χ0v) is 22.1. The van der Waals surface area contributed by atoms with Crippen molar-refractivity contribution in [2.75, 3.05) is 13.2 Å². The van der Waals surface area contributed by atoms with E-state index in [1.54, 1.807) is 51.2 Å². The SMILES string of the molecule is CC(C)(C)OC(=O)n1ccc2cc(C(O)C(O)CNC(=O)OCC3c4ccccc4-c4ccccc43)ccc21. The number of aromatic nitrogens is 1. The second-order valence-electron chi connectivity index (χ2n) is 10.7. The molecule has 0 fully saturated rings. The minimum absolute atomic E-state index is 0.0709. The summed E-state index contributed by atoms with van der Waals surface area (Å²) >= 11 is 0. The second-order valence-corrected chi connectivity index (χ2v) is 10.7. The summed E-state index contributed by atoms with van der Waals surface area (Å²) in [7, 11) is 0. The Kier molecular flexibility index (Phi) is 7.16. The predicted molar refractivity (Wildman–Crippen MR) is 148 cm³/mol. The maximum Gasteiger partial charge on any atom is 0.418 e. The van der Waals surface area contributed by atoms with E-state index in [2.05, 4.69) is 17.4 Å². The lowest BCUT2D eigenvalue weighted by molar-refractivity contribution is 0.0186. The van der Waals surface area contributed by atoms with Crippen LogP contribution < -0.4 is 5.32 Å². The molecule has 0 radical (unpaired) electrons. The fourth-order valence-corrected chi connectivity index (χ4v) is 4.99. The van der Waals surface area contributed by atoms with E-state index in [1.807, 2.05) is 36.4 Å². The normalized spacial score (nSPS) is 14.4. The molecule has 0 bridgehead atoms. The Labute approximate surface area is 226 Å². The molecule has 3 N–H and O–H groups in total. The molecule has 8 nitrogen and oxygen atoms in total. The summed E-state index contributed by atoms with van der Waals surface area (Å²) in [6.45, 7) is 5.34. The molecule has 0 saturated carbocycles. The van der Waals surface area contributed by atoms with Crippen molar-refractivity contribution in [3.05, 3.63) is 95.7 Å². The lowest BCUT2D eigenvalue weighted by Gasteiger charge is -2.20. The van der Waals surface area contributed by atoms with E-state index in [0.29, 0.717) is 16.5 Å². The van der Waals surface area contributed by atoms with Crippen LogP contribution in [0.15, 0.2) is 79.0 Å². The number of rotatable bonds is 6. The van der Waals surface area contributed by atoms with Crippen LogP contribution in [0.4, 0.5) is 9.59 Å². The van der Waals surface area contributed by atoms with E-state index in [-0.39, 0.29) is 19.1 Å². The quantitative estimate of drug-likeness (QED) is 0.311. The first-order chi connectivity index (χ1) is 18.6. The number of amides is 1. The molecule has 0 saturated heterocycles. The third kappa shape index (κ3) is 5.53. The van der Waals surface area contributed by atoms with Gasteiger partial charge >= 0.3 is 12.2 Å². The van der Waals surface area contributed by atoms with Gasteiger partial charge in [-0.3, -0.25) is 4.57 Å². The molecule has 2 atom stereocenters. The van der Waals surface area contributed by atoms with Gasteiger partial charge in [0.1, 0.15) is 24.4 Å². The number of nitrogens with zero attached hydrogens (tertiary/aromatic N) is 1. The minimum Gasteiger partial charge on any atom is -0.449 e. The molecule has 0 aliphatic heterocycles. The summed E-state index contributed by atoms with van der Waals surface area (Å²) in [5, 5.41) is 24.5. The number of aliphatic hydroxyl groups is 2. The zero-order chi connectivity index (χ0) is 27.7. The first-order valence-corrected chi connectivity index (χ1v) is 12.9. The Morgan fingerprint density at radius 3 is 2.23 bits per heavy atom. The molecular weight excluding hydrogens is 496 g/mol. The smallest absolute Gasteiger partial charge is 0.418 e. The predicted octanol–water partition coefficient (Wildman–Crippen LogP) is 5.36. The number of alkyl carbamates (subject to hydrolysis) is 1. The fourth-order valence-electron chi connectivity index (χ4n) is 4.99. The van der Waals surface area contributed by atoms with Crippen molar-refractivity contribution in [2.45, 2.75) is 44.5 Å². The van der Waals surface area contributed by atoms with Gasteiger partial charge in [0.2, 0.25) is 0 Å². The Bertz CT molecular complexity index is 1470. The van der Waals surface area contributed by atoms with Crippen LogP contribution in [-0.2, 0) is 9.47 Å². The molecule has 1 aliphatic rings. The molecule has 0 spiro atoms. The minimum atomic E-state index is -1.27. The molecule has 2 unspecified atom stereocenters. The van der Waals surface area contributed by atoms with Gasteiger partial charge in [0.05, 0.1) is 5.52 Å². The van der Waals surface area contributed by atoms with Crippen LogP contribution in [0.2, 0.25) is 0 Å². The summed E-state index contributed by atoms with van der Waals surface area (Å²) in [4.78, 5) is 24.9. The monoisotopic (exact) mass is 528 g/mol. The maximum absolute atomic E-state index is 12.5. The molecule has 4 aromatic rings. The van der Waals surface area contributed by atoms with Crippen LogP contribution in [0.1, 0.15) is 49.5 Å². The van der Waals surface area contributed by atoms with Crippen molar-refractivity contribution in [1.82, 2.24) is 9.88 Å². The number of benzene rings is 3. The Balaban J connectivity index is 1.18. The average Bonchev–Trinajstić information content (AvgIpc) is 3.48. The van der Waals surface area contributed by atoms with Crippen LogP contribution in [0.25, 0.3) is 22.0 Å². The highest BCUT2D eigenvalue weighted by atomic mass is 16.6. The van der Waals surface area contributed by atoms with Gasteiger partial charge in [0.15, 0.2) is 0 Å². The van der Waals surface area contributed by atoms with Gasteiger partial charge in [-0.1, -0.05) is 54.6 Å². The van der Waals surface area contributed by atoms with Crippen LogP contribution in [0, 0.1) is 0 Å². The van der Waals surface area contributed by atoms with Gasteiger partial charge in [-0.2, -0.15) is 0 Å². The van der Waals surface area contributed by atoms with Crippen molar-refractivity contribution >= 4 is 23.1 Å². The molecule has 3 aromatic carbocycles. The van der Waals surface area contributed by atoms with Crippen molar-refractivity contribution in [2.24, 2.45) is 0 Å². The summed E-state index contributed by atoms with van der Waals surface area (Å²) in [6, 6.07) is 22.9. The number of carbonyl (C=O) groups is 2. The van der Waals surface area contributed by atoms with Crippen molar-refractivity contribution in [3.8, 4) is 11.1 Å². The highest BCUT2D eigenvalue weighted by Gasteiger charge is 2.29. The largest absolute Gasteiger partial charge is 0.449 e. The van der Waals surface area contributed by atoms with Gasteiger partial charge in [0.25, 0.3) is 0 Å². The highest BCUT2D eigenvalue weighted by Crippen LogP contribution is 2.44. The molecule has 1 aromatic heterocycles. The average molecular weight is 529 g/mol. The van der Waals surface area contributed by atoms with E-state index >= 15 is 0 Å². The van der Waals surface area contributed by atoms with Crippen molar-refractivity contribution in [3.63, 3.8) is 0 Å². The lowest BCUT2D eigenvalue weighted by atomic mass is 9.98. The number of ether oxygens (including phenoxy) is 2. The fraction of sp³-hybridized carbons (Fsp3) is 0.290. The highest BCUT2D eigenvalue weighted by molar-refractivity contribution is 5.90. The van der Waals surface area contributed by atoms with Gasteiger partial charge in [-0.05, 0) is 66.8 Å². The van der Waals surface area contributed by atoms with E-state index in [4.69, 9.17) is 9.47 Å². The van der Waals surface area contributed by atoms with E-state index in [9.17, 15) is 19.8 Å². The standard InChI is InChI=1S/C31H32N2O6/c1-31(2,3)39-30(37)33-15-14-19-16-20(12-13-26(19)33)28(35)27(34)17-32-29(36)38-18-25-23-10-6-4-8-21(23)22-9-5-7-11-24(22)25/h4-16,25,27-28,34-35H,17-18H2,1-3H3,(H,32,36). The van der Waals surface area contributed by atoms with Crippen molar-refractivity contribution < 1.29 is 29.3 Å². The van der Waals surface area contributed by atoms with Gasteiger partial charge in [-0.15, -0.1) is 0 Å². The molecule has 1 aliphatic carbocycles. The number of fused-ring (bicyclic) bond motifs is 4. The number of hydrogen-bond acceptors (Lipinski definition) is 6. The van der Waals surface area contributed by atoms with Crippen LogP contribution >= 0.6 is 0 Å². The first-order valence-electron chi connectivity index (χ1n) is 12.9. The number of carbonyl (C=O) groups excluding carboxylic acids is 2. The third-order valence-corrected chi connectivity index (χ3v) is 6.81. The second kappa shape index (κ2) is 10.6. The zero-order valence-electron chi connectivity index (χ0n) is 22.1. The Hall–Kier alpha value is -4.14. The number of hydrogen-bond donors (Lipinski definition) is 3. The summed E-state index contributed by atoms with van der Waals surface area (Å²) in [5.41, 5.74) is 4.93. The van der Waals surface area contributed by atoms with Gasteiger partial charge in [0, 0.05) is 24.0 Å². The summed E-state index contributed by atoms with van der Waals surface area (Å²) in [5.74, 6) is -0.0709. The molecular formula is C31H32N2O6. The summed E-state index contributed by atoms with van der Waals surface area (Å²) < 4.78 is 12.3. The van der Waals surface area contributed by atoms with E-state index < -0.39 is 30.0 Å². The Morgan fingerprint density at radius 2 is 1.59 bits per heavy atom. The third-order valence-electron chi connectivity index (χ3n) is 6.81. The molecule has 202 valence electrons. The summed E-state index contributed by atoms with van der Waals surface area (Å²) in [6.07, 6.45) is -2.10. The maximum atomic E-state index is 12.5. The molecule has 39 heavy (non-hydrogen) atoms. The van der Waals surface area contributed by atoms with Crippen LogP contribution in [0.5, 0.6) is 0 Å². The van der Waals surface area contributed by atoms with Crippen LogP contribution in [0.3, 0.4) is 0 Å². The van der Waals surface area contributed by atoms with Gasteiger partial charge < -0.3 is 25.0 Å².